The lowest BCUT2D eigenvalue weighted by Gasteiger charge is -2.20. The zero-order valence-electron chi connectivity index (χ0n) is 14.0. The van der Waals surface area contributed by atoms with E-state index < -0.39 is 6.04 Å². The van der Waals surface area contributed by atoms with Crippen molar-refractivity contribution in [3.8, 4) is 0 Å². The van der Waals surface area contributed by atoms with Gasteiger partial charge in [-0.1, -0.05) is 60.7 Å². The summed E-state index contributed by atoms with van der Waals surface area (Å²) in [6.45, 7) is 4.17. The van der Waals surface area contributed by atoms with E-state index in [-0.39, 0.29) is 18.0 Å². The Kier molecular flexibility index (Phi) is 6.37. The van der Waals surface area contributed by atoms with Gasteiger partial charge in [0, 0.05) is 12.6 Å². The summed E-state index contributed by atoms with van der Waals surface area (Å²) in [6.07, 6.45) is 0. The van der Waals surface area contributed by atoms with E-state index in [1.807, 2.05) is 74.5 Å². The number of nitrogens with one attached hydrogen (secondary N) is 3. The van der Waals surface area contributed by atoms with E-state index in [9.17, 15) is 9.59 Å². The number of carbonyl (C=O) groups excluding carboxylic acids is 2. The van der Waals surface area contributed by atoms with Crippen LogP contribution < -0.4 is 16.0 Å². The minimum absolute atomic E-state index is 0.00195. The number of carbonyl (C=O) groups is 2. The molecule has 3 amide bonds. The summed E-state index contributed by atoms with van der Waals surface area (Å²) in [7, 11) is 0. The highest BCUT2D eigenvalue weighted by Crippen LogP contribution is 2.13. The van der Waals surface area contributed by atoms with Gasteiger partial charge >= 0.3 is 6.03 Å². The summed E-state index contributed by atoms with van der Waals surface area (Å²) in [5, 5.41) is 8.36. The smallest absolute Gasteiger partial charge is 0.315 e. The second-order valence-electron chi connectivity index (χ2n) is 5.82. The van der Waals surface area contributed by atoms with Gasteiger partial charge in [-0.2, -0.15) is 0 Å². The van der Waals surface area contributed by atoms with Gasteiger partial charge in [-0.25, -0.2) is 4.79 Å². The van der Waals surface area contributed by atoms with Crippen molar-refractivity contribution in [2.24, 2.45) is 0 Å². The van der Waals surface area contributed by atoms with E-state index in [0.29, 0.717) is 6.54 Å². The van der Waals surface area contributed by atoms with Crippen LogP contribution in [0.2, 0.25) is 0 Å². The third kappa shape index (κ3) is 5.43. The molecule has 0 aliphatic carbocycles. The lowest BCUT2D eigenvalue weighted by atomic mass is 10.1. The standard InChI is InChI=1S/C19H23N3O2/c1-14(2)21-18(23)17(16-11-7-4-8-12-16)22-19(24)20-13-15-9-5-3-6-10-15/h3-12,14,17H,13H2,1-2H3,(H,21,23)(H2,20,22,24)/t17-/m0/s1. The molecule has 126 valence electrons. The number of hydrogen-bond acceptors (Lipinski definition) is 2. The highest BCUT2D eigenvalue weighted by molar-refractivity contribution is 5.88. The summed E-state index contributed by atoms with van der Waals surface area (Å²) in [4.78, 5) is 24.6. The predicted molar refractivity (Wildman–Crippen MR) is 94.3 cm³/mol. The van der Waals surface area contributed by atoms with Gasteiger partial charge in [0.1, 0.15) is 6.04 Å². The van der Waals surface area contributed by atoms with Crippen LogP contribution in [0.3, 0.4) is 0 Å². The fourth-order valence-corrected chi connectivity index (χ4v) is 2.27. The second kappa shape index (κ2) is 8.72. The Bertz CT molecular complexity index is 657. The zero-order chi connectivity index (χ0) is 17.4. The minimum atomic E-state index is -0.732. The normalized spacial score (nSPS) is 11.6. The maximum atomic E-state index is 12.4. The number of amides is 3. The van der Waals surface area contributed by atoms with Crippen LogP contribution in [0.15, 0.2) is 60.7 Å². The number of benzene rings is 2. The zero-order valence-corrected chi connectivity index (χ0v) is 14.0. The molecule has 0 aliphatic heterocycles. The van der Waals surface area contributed by atoms with Gasteiger partial charge in [-0.3, -0.25) is 4.79 Å². The van der Waals surface area contributed by atoms with Crippen LogP contribution in [0.4, 0.5) is 4.79 Å². The van der Waals surface area contributed by atoms with Crippen molar-refractivity contribution in [3.05, 3.63) is 71.8 Å². The van der Waals surface area contributed by atoms with Crippen molar-refractivity contribution in [1.29, 1.82) is 0 Å². The van der Waals surface area contributed by atoms with Crippen LogP contribution in [0.25, 0.3) is 0 Å². The largest absolute Gasteiger partial charge is 0.352 e. The average Bonchev–Trinajstić information content (AvgIpc) is 2.59. The number of rotatable bonds is 6. The van der Waals surface area contributed by atoms with Crippen LogP contribution in [-0.2, 0) is 11.3 Å². The van der Waals surface area contributed by atoms with Crippen LogP contribution in [0.1, 0.15) is 31.0 Å². The SMILES string of the molecule is CC(C)NC(=O)[C@@H](NC(=O)NCc1ccccc1)c1ccccc1. The lowest BCUT2D eigenvalue weighted by Crippen LogP contribution is -2.45. The molecular formula is C19H23N3O2. The molecule has 3 N–H and O–H groups in total. The quantitative estimate of drug-likeness (QED) is 0.764. The lowest BCUT2D eigenvalue weighted by molar-refractivity contribution is -0.123. The van der Waals surface area contributed by atoms with Crippen molar-refractivity contribution in [3.63, 3.8) is 0 Å². The highest BCUT2D eigenvalue weighted by Gasteiger charge is 2.22. The third-order valence-corrected chi connectivity index (χ3v) is 3.40. The van der Waals surface area contributed by atoms with Crippen LogP contribution >= 0.6 is 0 Å². The Labute approximate surface area is 142 Å². The molecule has 0 spiro atoms. The summed E-state index contributed by atoms with van der Waals surface area (Å²) in [6, 6.07) is 17.7. The monoisotopic (exact) mass is 325 g/mol. The van der Waals surface area contributed by atoms with Crippen LogP contribution in [0, 0.1) is 0 Å². The number of urea groups is 1. The molecule has 24 heavy (non-hydrogen) atoms. The van der Waals surface area contributed by atoms with Crippen molar-refractivity contribution >= 4 is 11.9 Å². The summed E-state index contributed by atoms with van der Waals surface area (Å²) in [5.41, 5.74) is 1.74. The maximum Gasteiger partial charge on any atom is 0.315 e. The Balaban J connectivity index is 2.02. The molecule has 0 saturated heterocycles. The molecule has 0 saturated carbocycles. The average molecular weight is 325 g/mol. The van der Waals surface area contributed by atoms with Crippen LogP contribution in [-0.4, -0.2) is 18.0 Å². The topological polar surface area (TPSA) is 70.2 Å². The van der Waals surface area contributed by atoms with Gasteiger partial charge in [-0.05, 0) is 25.0 Å². The van der Waals surface area contributed by atoms with Gasteiger partial charge in [0.2, 0.25) is 5.91 Å². The van der Waals surface area contributed by atoms with Crippen molar-refractivity contribution in [2.75, 3.05) is 0 Å². The molecule has 0 unspecified atom stereocenters. The molecule has 5 nitrogen and oxygen atoms in total. The van der Waals surface area contributed by atoms with Gasteiger partial charge < -0.3 is 16.0 Å². The van der Waals surface area contributed by atoms with Gasteiger partial charge in [0.25, 0.3) is 0 Å². The van der Waals surface area contributed by atoms with Crippen molar-refractivity contribution in [2.45, 2.75) is 32.5 Å². The van der Waals surface area contributed by atoms with E-state index in [1.54, 1.807) is 0 Å². The molecule has 2 aromatic carbocycles. The fraction of sp³-hybridized carbons (Fsp3) is 0.263. The van der Waals surface area contributed by atoms with E-state index in [2.05, 4.69) is 16.0 Å². The van der Waals surface area contributed by atoms with E-state index >= 15 is 0 Å². The second-order valence-corrected chi connectivity index (χ2v) is 5.82. The fourth-order valence-electron chi connectivity index (χ4n) is 2.27. The first-order chi connectivity index (χ1) is 11.6. The predicted octanol–water partition coefficient (Wildman–Crippen LogP) is 2.75. The Hall–Kier alpha value is -2.82. The molecule has 0 fully saturated rings. The van der Waals surface area contributed by atoms with E-state index in [0.717, 1.165) is 11.1 Å². The van der Waals surface area contributed by atoms with Crippen LogP contribution in [0.5, 0.6) is 0 Å². The van der Waals surface area contributed by atoms with Gasteiger partial charge in [-0.15, -0.1) is 0 Å². The van der Waals surface area contributed by atoms with Gasteiger partial charge in [0.05, 0.1) is 0 Å². The first-order valence-electron chi connectivity index (χ1n) is 8.00. The molecule has 1 atom stereocenters. The molecule has 0 radical (unpaired) electrons. The molecule has 0 aliphatic rings. The summed E-state index contributed by atoms with van der Waals surface area (Å²) >= 11 is 0. The first-order valence-corrected chi connectivity index (χ1v) is 8.00. The van der Waals surface area contributed by atoms with E-state index in [4.69, 9.17) is 0 Å². The molecule has 2 aromatic rings. The molecular weight excluding hydrogens is 302 g/mol. The minimum Gasteiger partial charge on any atom is -0.352 e. The third-order valence-electron chi connectivity index (χ3n) is 3.40. The summed E-state index contributed by atoms with van der Waals surface area (Å²) < 4.78 is 0. The molecule has 2 rings (SSSR count). The molecule has 0 bridgehead atoms. The first kappa shape index (κ1) is 17.5. The maximum absolute atomic E-state index is 12.4. The molecule has 5 heteroatoms. The highest BCUT2D eigenvalue weighted by atomic mass is 16.2. The Morgan fingerprint density at radius 2 is 1.46 bits per heavy atom. The molecule has 0 heterocycles. The summed E-state index contributed by atoms with van der Waals surface area (Å²) in [5.74, 6) is -0.230. The van der Waals surface area contributed by atoms with Crippen molar-refractivity contribution < 1.29 is 9.59 Å². The Morgan fingerprint density at radius 3 is 2.04 bits per heavy atom. The Morgan fingerprint density at radius 1 is 0.875 bits per heavy atom. The molecule has 0 aromatic heterocycles. The number of hydrogen-bond donors (Lipinski definition) is 3. The van der Waals surface area contributed by atoms with E-state index in [1.165, 1.54) is 0 Å². The van der Waals surface area contributed by atoms with Gasteiger partial charge in [0.15, 0.2) is 0 Å². The van der Waals surface area contributed by atoms with Crippen molar-refractivity contribution in [1.82, 2.24) is 16.0 Å².